The monoisotopic (exact) mass is 497 g/mol. The predicted molar refractivity (Wildman–Crippen MR) is 129 cm³/mol. The molecule has 31 heavy (non-hydrogen) atoms. The van der Waals surface area contributed by atoms with Crippen LogP contribution >= 0.6 is 15.9 Å². The van der Waals surface area contributed by atoms with Gasteiger partial charge >= 0.3 is 0 Å². The first-order valence-electron chi connectivity index (χ1n) is 10.1. The number of pyridine rings is 1. The summed E-state index contributed by atoms with van der Waals surface area (Å²) in [5.41, 5.74) is 4.31. The molecule has 7 heteroatoms. The van der Waals surface area contributed by atoms with Gasteiger partial charge in [-0.2, -0.15) is 0 Å². The van der Waals surface area contributed by atoms with E-state index < -0.39 is 15.7 Å². The zero-order valence-corrected chi connectivity index (χ0v) is 20.0. The first-order chi connectivity index (χ1) is 14.8. The smallest absolute Gasteiger partial charge is 0.167 e. The molecule has 0 fully saturated rings. The van der Waals surface area contributed by atoms with E-state index >= 15 is 0 Å². The third-order valence-corrected chi connectivity index (χ3v) is 7.25. The molecule has 0 aliphatic rings. The Morgan fingerprint density at radius 3 is 2.58 bits per heavy atom. The normalized spacial score (nSPS) is 13.9. The molecule has 2 aromatic carbocycles. The quantitative estimate of drug-likeness (QED) is 0.355. The molecule has 4 rings (SSSR count). The van der Waals surface area contributed by atoms with Crippen molar-refractivity contribution in [2.24, 2.45) is 0 Å². The number of hydrogen-bond donors (Lipinski definition) is 1. The third-order valence-electron chi connectivity index (χ3n) is 4.98. The molecule has 0 bridgehead atoms. The molecule has 2 unspecified atom stereocenters. The molecule has 0 saturated carbocycles. The van der Waals surface area contributed by atoms with E-state index in [1.807, 2.05) is 81.4 Å². The summed E-state index contributed by atoms with van der Waals surface area (Å²) in [5, 5.41) is 5.31. The highest BCUT2D eigenvalue weighted by atomic mass is 79.9. The summed E-state index contributed by atoms with van der Waals surface area (Å²) < 4.78 is 22.5. The highest BCUT2D eigenvalue weighted by Gasteiger charge is 2.27. The number of aromatic nitrogens is 2. The molecule has 1 N–H and O–H groups in total. The maximum absolute atomic E-state index is 13.1. The van der Waals surface area contributed by atoms with Gasteiger partial charge in [0.1, 0.15) is 5.69 Å². The number of para-hydroxylation sites is 1. The molecule has 5 nitrogen and oxygen atoms in total. The van der Waals surface area contributed by atoms with Crippen molar-refractivity contribution >= 4 is 37.9 Å². The number of nitrogens with zero attached hydrogens (tertiary/aromatic N) is 2. The highest BCUT2D eigenvalue weighted by Crippen LogP contribution is 2.39. The minimum atomic E-state index is -1.27. The van der Waals surface area contributed by atoms with Gasteiger partial charge in [-0.15, -0.1) is 0 Å². The molecule has 0 amide bonds. The summed E-state index contributed by atoms with van der Waals surface area (Å²) in [6.07, 6.45) is 2.36. The minimum Gasteiger partial charge on any atom is -0.356 e. The lowest BCUT2D eigenvalue weighted by atomic mass is 9.94. The van der Waals surface area contributed by atoms with E-state index in [0.717, 1.165) is 38.0 Å². The molecule has 0 aliphatic carbocycles. The van der Waals surface area contributed by atoms with Gasteiger partial charge in [0.15, 0.2) is 5.58 Å². The van der Waals surface area contributed by atoms with E-state index in [4.69, 9.17) is 4.52 Å². The molecule has 160 valence electrons. The van der Waals surface area contributed by atoms with Crippen molar-refractivity contribution in [2.75, 3.05) is 0 Å². The van der Waals surface area contributed by atoms with E-state index in [2.05, 4.69) is 30.8 Å². The summed E-state index contributed by atoms with van der Waals surface area (Å²) >= 11 is 3.71. The van der Waals surface area contributed by atoms with Crippen LogP contribution in [0.25, 0.3) is 22.2 Å². The second kappa shape index (κ2) is 9.02. The average molecular weight is 498 g/mol. The van der Waals surface area contributed by atoms with Crippen LogP contribution in [0.2, 0.25) is 0 Å². The first kappa shape index (κ1) is 21.9. The van der Waals surface area contributed by atoms with Gasteiger partial charge in [0.05, 0.1) is 21.8 Å². The van der Waals surface area contributed by atoms with Crippen LogP contribution in [0, 0.1) is 0 Å². The lowest BCUT2D eigenvalue weighted by Crippen LogP contribution is -2.36. The van der Waals surface area contributed by atoms with Gasteiger partial charge in [-0.1, -0.05) is 51.4 Å². The van der Waals surface area contributed by atoms with Crippen LogP contribution in [-0.2, 0) is 17.4 Å². The lowest BCUT2D eigenvalue weighted by Gasteiger charge is -2.26. The molecule has 0 aliphatic heterocycles. The van der Waals surface area contributed by atoms with Crippen LogP contribution in [0.3, 0.4) is 0 Å². The zero-order chi connectivity index (χ0) is 22.0. The van der Waals surface area contributed by atoms with Crippen LogP contribution < -0.4 is 4.72 Å². The number of fused-ring (bicyclic) bond motifs is 1. The van der Waals surface area contributed by atoms with Crippen molar-refractivity contribution in [1.29, 1.82) is 0 Å². The van der Waals surface area contributed by atoms with E-state index in [1.165, 1.54) is 0 Å². The van der Waals surface area contributed by atoms with Crippen LogP contribution in [0.5, 0.6) is 0 Å². The Labute approximate surface area is 193 Å². The maximum Gasteiger partial charge on any atom is 0.167 e. The summed E-state index contributed by atoms with van der Waals surface area (Å²) in [5.74, 6) is 0. The Balaban J connectivity index is 1.85. The van der Waals surface area contributed by atoms with Crippen LogP contribution in [0.1, 0.15) is 38.1 Å². The van der Waals surface area contributed by atoms with Gasteiger partial charge in [-0.3, -0.25) is 4.98 Å². The van der Waals surface area contributed by atoms with Gasteiger partial charge in [-0.05, 0) is 56.7 Å². The second-order valence-electron chi connectivity index (χ2n) is 8.31. The Bertz CT molecular complexity index is 1220. The molecule has 4 aromatic rings. The van der Waals surface area contributed by atoms with Crippen LogP contribution in [0.4, 0.5) is 0 Å². The van der Waals surface area contributed by atoms with E-state index in [-0.39, 0.29) is 6.04 Å². The fraction of sp³-hybridized carbons (Fsp3) is 0.250. The van der Waals surface area contributed by atoms with Crippen molar-refractivity contribution in [3.63, 3.8) is 0 Å². The molecule has 0 spiro atoms. The highest BCUT2D eigenvalue weighted by molar-refractivity contribution is 9.10. The predicted octanol–water partition coefficient (Wildman–Crippen LogP) is 5.99. The summed E-state index contributed by atoms with van der Waals surface area (Å²) in [7, 11) is -1.27. The fourth-order valence-corrected chi connectivity index (χ4v) is 4.79. The molecule has 0 radical (unpaired) electrons. The topological polar surface area (TPSA) is 68.0 Å². The Hall–Kier alpha value is -2.35. The van der Waals surface area contributed by atoms with E-state index in [0.29, 0.717) is 6.42 Å². The summed E-state index contributed by atoms with van der Waals surface area (Å²) in [4.78, 5) is 4.49. The van der Waals surface area contributed by atoms with Crippen molar-refractivity contribution in [3.05, 3.63) is 82.6 Å². The van der Waals surface area contributed by atoms with Gasteiger partial charge < -0.3 is 4.52 Å². The summed E-state index contributed by atoms with van der Waals surface area (Å²) in [6.45, 7) is 5.88. The van der Waals surface area contributed by atoms with Gasteiger partial charge in [0.2, 0.25) is 0 Å². The Kier molecular flexibility index (Phi) is 6.36. The maximum atomic E-state index is 13.1. The molecular weight excluding hydrogens is 474 g/mol. The van der Waals surface area contributed by atoms with Gasteiger partial charge in [0.25, 0.3) is 0 Å². The molecule has 0 saturated heterocycles. The molecule has 2 aromatic heterocycles. The third kappa shape index (κ3) is 4.79. The molecule has 2 atom stereocenters. The Morgan fingerprint density at radius 1 is 1.06 bits per heavy atom. The first-order valence-corrected chi connectivity index (χ1v) is 12.0. The van der Waals surface area contributed by atoms with Crippen molar-refractivity contribution < 1.29 is 8.73 Å². The van der Waals surface area contributed by atoms with Gasteiger partial charge in [-0.25, -0.2) is 8.93 Å². The second-order valence-corrected chi connectivity index (χ2v) is 11.2. The van der Waals surface area contributed by atoms with Crippen molar-refractivity contribution in [1.82, 2.24) is 14.9 Å². The average Bonchev–Trinajstić information content (AvgIpc) is 3.17. The van der Waals surface area contributed by atoms with Crippen LogP contribution in [0.15, 0.2) is 75.9 Å². The Morgan fingerprint density at radius 2 is 1.84 bits per heavy atom. The van der Waals surface area contributed by atoms with Crippen molar-refractivity contribution in [2.45, 2.75) is 38.0 Å². The SMILES string of the molecule is CC(C)(C)S(=O)NC(Cc1ccccn1)c1cccc(Br)c1-c1noc2ccccc12. The minimum absolute atomic E-state index is 0.238. The number of hydrogen-bond acceptors (Lipinski definition) is 4. The molecule has 2 heterocycles. The largest absolute Gasteiger partial charge is 0.356 e. The van der Waals surface area contributed by atoms with Crippen molar-refractivity contribution in [3.8, 4) is 11.3 Å². The number of nitrogens with one attached hydrogen (secondary N) is 1. The number of benzene rings is 2. The number of rotatable bonds is 6. The summed E-state index contributed by atoms with van der Waals surface area (Å²) in [6, 6.07) is 19.4. The van der Waals surface area contributed by atoms with E-state index in [9.17, 15) is 4.21 Å². The van der Waals surface area contributed by atoms with Gasteiger partial charge in [0, 0.05) is 33.7 Å². The van der Waals surface area contributed by atoms with Crippen LogP contribution in [-0.4, -0.2) is 19.1 Å². The lowest BCUT2D eigenvalue weighted by molar-refractivity contribution is 0.459. The molecular formula is C24H24BrN3O2S. The number of halogens is 1. The van der Waals surface area contributed by atoms with E-state index in [1.54, 1.807) is 6.20 Å². The standard InChI is InChI=1S/C24H24BrN3O2S/c1-24(2,3)31(29)28-20(15-16-9-6-7-14-26-16)17-11-8-12-19(25)22(17)23-18-10-4-5-13-21(18)30-27-23/h4-14,20,28H,15H2,1-3H3. The zero-order valence-electron chi connectivity index (χ0n) is 17.6. The fourth-order valence-electron chi connectivity index (χ4n) is 3.40.